The van der Waals surface area contributed by atoms with E-state index in [9.17, 15) is 14.4 Å². The molecule has 0 aromatic carbocycles. The van der Waals surface area contributed by atoms with E-state index in [-0.39, 0.29) is 18.2 Å². The number of nitrogens with one attached hydrogen (secondary N) is 1. The first-order chi connectivity index (χ1) is 11.1. The van der Waals surface area contributed by atoms with Crippen molar-refractivity contribution < 1.29 is 14.7 Å². The second kappa shape index (κ2) is 6.38. The Kier molecular flexibility index (Phi) is 4.67. The number of hydrogen-bond donors (Lipinski definition) is 3. The number of H-pyrrole nitrogens is 1. The molecule has 1 unspecified atom stereocenters. The van der Waals surface area contributed by atoms with Gasteiger partial charge in [-0.1, -0.05) is 5.16 Å². The SMILES string of the molecule is CC(C)(C)OC(=O)N1CCC(n2cc(/C(N)=N/O)c(=O)[nH]c2=O)C1. The van der Waals surface area contributed by atoms with Gasteiger partial charge in [-0.2, -0.15) is 0 Å². The predicted molar refractivity (Wildman–Crippen MR) is 85.3 cm³/mol. The molecule has 10 heteroatoms. The van der Waals surface area contributed by atoms with Gasteiger partial charge in [-0.15, -0.1) is 0 Å². The highest BCUT2D eigenvalue weighted by Gasteiger charge is 2.31. The Bertz CT molecular complexity index is 773. The number of amidine groups is 1. The molecule has 10 nitrogen and oxygen atoms in total. The smallest absolute Gasteiger partial charge is 0.410 e. The van der Waals surface area contributed by atoms with Crippen LogP contribution in [0.25, 0.3) is 0 Å². The number of hydrogen-bond acceptors (Lipinski definition) is 6. The van der Waals surface area contributed by atoms with Crippen LogP contribution in [0.2, 0.25) is 0 Å². The molecular formula is C14H21N5O5. The molecule has 1 aliphatic rings. The van der Waals surface area contributed by atoms with E-state index >= 15 is 0 Å². The maximum atomic E-state index is 12.1. The topological polar surface area (TPSA) is 143 Å². The average Bonchev–Trinajstić information content (AvgIpc) is 2.94. The first-order valence-corrected chi connectivity index (χ1v) is 7.43. The van der Waals surface area contributed by atoms with Crippen LogP contribution in [0.1, 0.15) is 38.8 Å². The van der Waals surface area contributed by atoms with Crippen LogP contribution in [0, 0.1) is 0 Å². The van der Waals surface area contributed by atoms with Gasteiger partial charge < -0.3 is 20.6 Å². The lowest BCUT2D eigenvalue weighted by Crippen LogP contribution is -2.39. The Labute approximate surface area is 137 Å². The third-order valence-electron chi connectivity index (χ3n) is 3.56. The molecular weight excluding hydrogens is 318 g/mol. The highest BCUT2D eigenvalue weighted by atomic mass is 16.6. The van der Waals surface area contributed by atoms with E-state index in [1.54, 1.807) is 20.8 Å². The predicted octanol–water partition coefficient (Wildman–Crippen LogP) is -0.187. The Morgan fingerprint density at radius 2 is 2.12 bits per heavy atom. The van der Waals surface area contributed by atoms with Crippen molar-refractivity contribution in [3.63, 3.8) is 0 Å². The number of nitrogens with two attached hydrogens (primary N) is 1. The minimum absolute atomic E-state index is 0.118. The lowest BCUT2D eigenvalue weighted by Gasteiger charge is -2.24. The molecule has 1 fully saturated rings. The van der Waals surface area contributed by atoms with Crippen LogP contribution in [-0.4, -0.2) is 50.3 Å². The number of rotatable bonds is 2. The summed E-state index contributed by atoms with van der Waals surface area (Å²) >= 11 is 0. The summed E-state index contributed by atoms with van der Waals surface area (Å²) in [4.78, 5) is 39.4. The summed E-state index contributed by atoms with van der Waals surface area (Å²) in [7, 11) is 0. The largest absolute Gasteiger partial charge is 0.444 e. The van der Waals surface area contributed by atoms with E-state index in [0.29, 0.717) is 13.0 Å². The number of aromatic amines is 1. The zero-order valence-electron chi connectivity index (χ0n) is 13.8. The van der Waals surface area contributed by atoms with Crippen molar-refractivity contribution in [2.45, 2.75) is 38.8 Å². The standard InChI is InChI=1S/C14H21N5O5/c1-14(2,3)24-13(22)18-5-4-8(6-18)19-7-9(10(15)17-23)11(20)16-12(19)21/h7-8,23H,4-6H2,1-3H3,(H2,15,17)(H,16,20,21). The van der Waals surface area contributed by atoms with Crippen molar-refractivity contribution in [3.05, 3.63) is 32.6 Å². The van der Waals surface area contributed by atoms with Gasteiger partial charge in [0, 0.05) is 19.3 Å². The molecule has 1 aromatic rings. The molecule has 1 aliphatic heterocycles. The van der Waals surface area contributed by atoms with Gasteiger partial charge in [-0.05, 0) is 27.2 Å². The zero-order chi connectivity index (χ0) is 18.1. The van der Waals surface area contributed by atoms with Gasteiger partial charge in [-0.3, -0.25) is 14.3 Å². The number of carbonyl (C=O) groups is 1. The second-order valence-electron chi connectivity index (χ2n) is 6.56. The molecule has 1 aromatic heterocycles. The van der Waals surface area contributed by atoms with Crippen molar-refractivity contribution in [1.82, 2.24) is 14.5 Å². The normalized spacial score (nSPS) is 18.7. The third kappa shape index (κ3) is 3.76. The summed E-state index contributed by atoms with van der Waals surface area (Å²) < 4.78 is 6.58. The number of nitrogens with zero attached hydrogens (tertiary/aromatic N) is 3. The maximum absolute atomic E-state index is 12.1. The molecule has 1 atom stereocenters. The number of oxime groups is 1. The van der Waals surface area contributed by atoms with Gasteiger partial charge in [-0.25, -0.2) is 9.59 Å². The molecule has 0 spiro atoms. The fourth-order valence-electron chi connectivity index (χ4n) is 2.45. The summed E-state index contributed by atoms with van der Waals surface area (Å²) in [5.41, 5.74) is 3.35. The number of carbonyl (C=O) groups excluding carboxylic acids is 1. The lowest BCUT2D eigenvalue weighted by atomic mass is 10.2. The van der Waals surface area contributed by atoms with Gasteiger partial charge in [0.15, 0.2) is 5.84 Å². The first kappa shape index (κ1) is 17.6. The van der Waals surface area contributed by atoms with Crippen LogP contribution in [-0.2, 0) is 4.74 Å². The maximum Gasteiger partial charge on any atom is 0.410 e. The highest BCUT2D eigenvalue weighted by molar-refractivity contribution is 5.96. The first-order valence-electron chi connectivity index (χ1n) is 7.43. The van der Waals surface area contributed by atoms with Crippen molar-refractivity contribution >= 4 is 11.9 Å². The number of ether oxygens (including phenoxy) is 1. The molecule has 4 N–H and O–H groups in total. The minimum atomic E-state index is -0.742. The van der Waals surface area contributed by atoms with E-state index in [0.717, 1.165) is 0 Å². The summed E-state index contributed by atoms with van der Waals surface area (Å²) in [6.45, 7) is 6.00. The quantitative estimate of drug-likeness (QED) is 0.295. The van der Waals surface area contributed by atoms with Crippen molar-refractivity contribution in [2.75, 3.05) is 13.1 Å². The average molecular weight is 339 g/mol. The Morgan fingerprint density at radius 1 is 1.46 bits per heavy atom. The molecule has 0 radical (unpaired) electrons. The molecule has 0 aliphatic carbocycles. The van der Waals surface area contributed by atoms with Crippen LogP contribution >= 0.6 is 0 Å². The Hall–Kier alpha value is -2.78. The summed E-state index contributed by atoms with van der Waals surface area (Å²) in [5.74, 6) is -0.396. The zero-order valence-corrected chi connectivity index (χ0v) is 13.8. The van der Waals surface area contributed by atoms with E-state index in [4.69, 9.17) is 15.7 Å². The van der Waals surface area contributed by atoms with Crippen LogP contribution in [0.4, 0.5) is 4.79 Å². The van der Waals surface area contributed by atoms with Gasteiger partial charge in [0.05, 0.1) is 6.04 Å². The molecule has 2 rings (SSSR count). The molecule has 132 valence electrons. The van der Waals surface area contributed by atoms with Crippen LogP contribution < -0.4 is 17.0 Å². The van der Waals surface area contributed by atoms with E-state index in [1.807, 2.05) is 0 Å². The van der Waals surface area contributed by atoms with Crippen molar-refractivity contribution in [3.8, 4) is 0 Å². The third-order valence-corrected chi connectivity index (χ3v) is 3.56. The number of aromatic nitrogens is 2. The van der Waals surface area contributed by atoms with Crippen LogP contribution in [0.3, 0.4) is 0 Å². The van der Waals surface area contributed by atoms with Crippen molar-refractivity contribution in [2.24, 2.45) is 10.9 Å². The van der Waals surface area contributed by atoms with Gasteiger partial charge in [0.25, 0.3) is 5.56 Å². The number of likely N-dealkylation sites (tertiary alicyclic amines) is 1. The van der Waals surface area contributed by atoms with Gasteiger partial charge in [0.2, 0.25) is 0 Å². The van der Waals surface area contributed by atoms with Crippen LogP contribution in [0.15, 0.2) is 20.9 Å². The molecule has 2 heterocycles. The number of amides is 1. The van der Waals surface area contributed by atoms with Crippen LogP contribution in [0.5, 0.6) is 0 Å². The highest BCUT2D eigenvalue weighted by Crippen LogP contribution is 2.22. The lowest BCUT2D eigenvalue weighted by molar-refractivity contribution is 0.0288. The monoisotopic (exact) mass is 339 g/mol. The van der Waals surface area contributed by atoms with E-state index in [1.165, 1.54) is 15.7 Å². The molecule has 1 saturated heterocycles. The molecule has 24 heavy (non-hydrogen) atoms. The molecule has 1 amide bonds. The summed E-state index contributed by atoms with van der Waals surface area (Å²) in [5, 5.41) is 11.5. The van der Waals surface area contributed by atoms with E-state index in [2.05, 4.69) is 10.1 Å². The molecule has 0 saturated carbocycles. The Morgan fingerprint density at radius 3 is 2.71 bits per heavy atom. The second-order valence-corrected chi connectivity index (χ2v) is 6.56. The fraction of sp³-hybridized carbons (Fsp3) is 0.571. The van der Waals surface area contributed by atoms with Crippen molar-refractivity contribution in [1.29, 1.82) is 0 Å². The van der Waals surface area contributed by atoms with E-state index < -0.39 is 28.8 Å². The van der Waals surface area contributed by atoms with Gasteiger partial charge >= 0.3 is 11.8 Å². The Balaban J connectivity index is 2.24. The van der Waals surface area contributed by atoms with Gasteiger partial charge in [0.1, 0.15) is 11.2 Å². The molecule has 0 bridgehead atoms. The minimum Gasteiger partial charge on any atom is -0.444 e. The summed E-state index contributed by atoms with van der Waals surface area (Å²) in [6, 6.07) is -0.341. The fourth-order valence-corrected chi connectivity index (χ4v) is 2.45. The summed E-state index contributed by atoms with van der Waals surface area (Å²) in [6.07, 6.45) is 1.29.